The minimum absolute atomic E-state index is 0.0614. The van der Waals surface area contributed by atoms with Crippen LogP contribution in [0.4, 0.5) is 5.82 Å². The van der Waals surface area contributed by atoms with Crippen LogP contribution in [0.25, 0.3) is 0 Å². The highest BCUT2D eigenvalue weighted by Crippen LogP contribution is 2.18. The highest BCUT2D eigenvalue weighted by Gasteiger charge is 2.23. The molecule has 1 aliphatic heterocycles. The molecule has 0 radical (unpaired) electrons. The summed E-state index contributed by atoms with van der Waals surface area (Å²) in [6, 6.07) is 8.12. The van der Waals surface area contributed by atoms with Gasteiger partial charge in [-0.1, -0.05) is 24.3 Å². The number of H-pyrrole nitrogens is 1. The number of rotatable bonds is 4. The molecule has 2 heterocycles. The average Bonchev–Trinajstić information content (AvgIpc) is 2.54. The van der Waals surface area contributed by atoms with Gasteiger partial charge in [-0.2, -0.15) is 0 Å². The molecule has 0 atom stereocenters. The van der Waals surface area contributed by atoms with E-state index in [0.29, 0.717) is 13.1 Å². The van der Waals surface area contributed by atoms with Gasteiger partial charge in [0, 0.05) is 19.6 Å². The van der Waals surface area contributed by atoms with Crippen molar-refractivity contribution in [3.8, 4) is 0 Å². The van der Waals surface area contributed by atoms with Crippen LogP contribution in [-0.4, -0.2) is 33.3 Å². The van der Waals surface area contributed by atoms with Crippen LogP contribution in [0.3, 0.4) is 0 Å². The number of fused-ring (bicyclic) bond motifs is 1. The molecule has 3 rings (SSSR count). The quantitative estimate of drug-likeness (QED) is 0.790. The summed E-state index contributed by atoms with van der Waals surface area (Å²) in [4.78, 5) is 40.5. The topological polar surface area (TPSA) is 101 Å². The van der Waals surface area contributed by atoms with Gasteiger partial charge in [0.25, 0.3) is 5.56 Å². The maximum Gasteiger partial charge on any atom is 0.329 e. The van der Waals surface area contributed by atoms with Crippen molar-refractivity contribution < 1.29 is 4.79 Å². The lowest BCUT2D eigenvalue weighted by molar-refractivity contribution is 0.0920. The van der Waals surface area contributed by atoms with Crippen LogP contribution >= 0.6 is 0 Å². The van der Waals surface area contributed by atoms with E-state index < -0.39 is 11.2 Å². The first-order valence-corrected chi connectivity index (χ1v) is 7.96. The molecule has 3 N–H and O–H groups in total. The molecule has 0 aliphatic carbocycles. The molecule has 1 aliphatic rings. The molecule has 1 aromatic heterocycles. The van der Waals surface area contributed by atoms with Gasteiger partial charge in [0.15, 0.2) is 5.78 Å². The molecule has 0 saturated heterocycles. The van der Waals surface area contributed by atoms with E-state index in [1.165, 1.54) is 15.7 Å². The van der Waals surface area contributed by atoms with Crippen molar-refractivity contribution in [2.45, 2.75) is 26.4 Å². The number of nitrogens with zero attached hydrogens (tertiary/aromatic N) is 2. The van der Waals surface area contributed by atoms with Crippen molar-refractivity contribution in [2.75, 3.05) is 18.8 Å². The van der Waals surface area contributed by atoms with Crippen LogP contribution < -0.4 is 17.0 Å². The SMILES string of the molecule is CCn1c(N)c(C(=O)CN2CCc3ccccc3C2)c(=O)[nH]c1=O. The van der Waals surface area contributed by atoms with Gasteiger partial charge in [-0.15, -0.1) is 0 Å². The summed E-state index contributed by atoms with van der Waals surface area (Å²) < 4.78 is 1.19. The van der Waals surface area contributed by atoms with Gasteiger partial charge in [-0.25, -0.2) is 4.79 Å². The third kappa shape index (κ3) is 2.90. The first-order chi connectivity index (χ1) is 11.5. The molecule has 24 heavy (non-hydrogen) atoms. The lowest BCUT2D eigenvalue weighted by Crippen LogP contribution is -2.40. The van der Waals surface area contributed by atoms with Crippen LogP contribution in [0.15, 0.2) is 33.9 Å². The maximum absolute atomic E-state index is 12.6. The number of carbonyl (C=O) groups is 1. The van der Waals surface area contributed by atoms with E-state index in [4.69, 9.17) is 5.73 Å². The Morgan fingerprint density at radius 2 is 1.96 bits per heavy atom. The predicted molar refractivity (Wildman–Crippen MR) is 91.2 cm³/mol. The number of hydrogen-bond donors (Lipinski definition) is 2. The highest BCUT2D eigenvalue weighted by molar-refractivity contribution is 6.01. The first kappa shape index (κ1) is 16.2. The van der Waals surface area contributed by atoms with Crippen LogP contribution in [0.2, 0.25) is 0 Å². The number of hydrogen-bond acceptors (Lipinski definition) is 5. The van der Waals surface area contributed by atoms with Crippen molar-refractivity contribution in [3.05, 3.63) is 61.8 Å². The van der Waals surface area contributed by atoms with Crippen molar-refractivity contribution in [3.63, 3.8) is 0 Å². The number of nitrogen functional groups attached to an aromatic ring is 1. The van der Waals surface area contributed by atoms with Gasteiger partial charge in [0.2, 0.25) is 0 Å². The number of benzene rings is 1. The minimum atomic E-state index is -0.718. The number of aromatic amines is 1. The number of anilines is 1. The fourth-order valence-corrected chi connectivity index (χ4v) is 3.14. The Morgan fingerprint density at radius 3 is 2.67 bits per heavy atom. The highest BCUT2D eigenvalue weighted by atomic mass is 16.2. The average molecular weight is 328 g/mol. The van der Waals surface area contributed by atoms with Gasteiger partial charge in [-0.3, -0.25) is 24.0 Å². The Bertz CT molecular complexity index is 897. The first-order valence-electron chi connectivity index (χ1n) is 7.96. The smallest absolute Gasteiger partial charge is 0.329 e. The van der Waals surface area contributed by atoms with Gasteiger partial charge < -0.3 is 5.73 Å². The van der Waals surface area contributed by atoms with Crippen LogP contribution in [-0.2, 0) is 19.5 Å². The summed E-state index contributed by atoms with van der Waals surface area (Å²) in [5, 5.41) is 0. The van der Waals surface area contributed by atoms with E-state index in [9.17, 15) is 14.4 Å². The van der Waals surface area contributed by atoms with Gasteiger partial charge in [0.05, 0.1) is 6.54 Å². The van der Waals surface area contributed by atoms with Crippen LogP contribution in [0.5, 0.6) is 0 Å². The minimum Gasteiger partial charge on any atom is -0.384 e. The normalized spacial score (nSPS) is 14.4. The second-order valence-corrected chi connectivity index (χ2v) is 5.92. The van der Waals surface area contributed by atoms with Crippen molar-refractivity contribution in [1.82, 2.24) is 14.5 Å². The summed E-state index contributed by atoms with van der Waals surface area (Å²) in [5.41, 5.74) is 6.92. The van der Waals surface area contributed by atoms with Crippen LogP contribution in [0, 0.1) is 0 Å². The van der Waals surface area contributed by atoms with E-state index >= 15 is 0 Å². The van der Waals surface area contributed by atoms with Crippen molar-refractivity contribution in [2.24, 2.45) is 0 Å². The number of aromatic nitrogens is 2. The second-order valence-electron chi connectivity index (χ2n) is 5.92. The van der Waals surface area contributed by atoms with E-state index in [-0.39, 0.29) is 23.7 Å². The van der Waals surface area contributed by atoms with Gasteiger partial charge in [-0.05, 0) is 24.5 Å². The summed E-state index contributed by atoms with van der Waals surface area (Å²) in [7, 11) is 0. The van der Waals surface area contributed by atoms with E-state index in [0.717, 1.165) is 13.0 Å². The molecule has 0 bridgehead atoms. The summed E-state index contributed by atoms with van der Waals surface area (Å²) >= 11 is 0. The predicted octanol–water partition coefficient (Wildman–Crippen LogP) is 0.380. The third-order valence-electron chi connectivity index (χ3n) is 4.41. The standard InChI is InChI=1S/C17H20N4O3/c1-2-21-15(18)14(16(23)19-17(21)24)13(22)10-20-8-7-11-5-3-4-6-12(11)9-20/h3-6H,2,7-10,18H2,1H3,(H,19,23,24). The number of nitrogens with two attached hydrogens (primary N) is 1. The Morgan fingerprint density at radius 1 is 1.25 bits per heavy atom. The lowest BCUT2D eigenvalue weighted by atomic mass is 9.99. The molecule has 0 spiro atoms. The molecule has 0 unspecified atom stereocenters. The number of ketones is 1. The molecule has 7 heteroatoms. The number of carbonyl (C=O) groups excluding carboxylic acids is 1. The Hall–Kier alpha value is -2.67. The zero-order valence-electron chi connectivity index (χ0n) is 13.5. The molecular formula is C17H20N4O3. The molecule has 0 fully saturated rings. The molecule has 126 valence electrons. The molecule has 2 aromatic rings. The Kier molecular flexibility index (Phi) is 4.35. The van der Waals surface area contributed by atoms with Gasteiger partial charge in [0.1, 0.15) is 11.4 Å². The maximum atomic E-state index is 12.6. The summed E-state index contributed by atoms with van der Waals surface area (Å²) in [6.45, 7) is 3.52. The second kappa shape index (κ2) is 6.45. The largest absolute Gasteiger partial charge is 0.384 e. The fourth-order valence-electron chi connectivity index (χ4n) is 3.14. The third-order valence-corrected chi connectivity index (χ3v) is 4.41. The number of nitrogens with one attached hydrogen (secondary N) is 1. The molecule has 0 amide bonds. The molecular weight excluding hydrogens is 308 g/mol. The Balaban J connectivity index is 1.84. The Labute approximate surface area is 138 Å². The summed E-state index contributed by atoms with van der Waals surface area (Å²) in [6.07, 6.45) is 0.865. The van der Waals surface area contributed by atoms with E-state index in [1.807, 2.05) is 23.1 Å². The fraction of sp³-hybridized carbons (Fsp3) is 0.353. The lowest BCUT2D eigenvalue weighted by Gasteiger charge is -2.28. The van der Waals surface area contributed by atoms with Gasteiger partial charge >= 0.3 is 5.69 Å². The molecule has 1 aromatic carbocycles. The summed E-state index contributed by atoms with van der Waals surface area (Å²) in [5.74, 6) is -0.427. The molecule has 0 saturated carbocycles. The van der Waals surface area contributed by atoms with Crippen molar-refractivity contribution >= 4 is 11.6 Å². The zero-order chi connectivity index (χ0) is 17.3. The monoisotopic (exact) mass is 328 g/mol. The van der Waals surface area contributed by atoms with E-state index in [1.54, 1.807) is 6.92 Å². The van der Waals surface area contributed by atoms with E-state index in [2.05, 4.69) is 11.1 Å². The molecule has 7 nitrogen and oxygen atoms in total. The zero-order valence-corrected chi connectivity index (χ0v) is 13.5. The number of Topliss-reactive ketones (excluding diaryl/α,β-unsaturated/α-hetero) is 1. The van der Waals surface area contributed by atoms with Crippen molar-refractivity contribution in [1.29, 1.82) is 0 Å². The van der Waals surface area contributed by atoms with Crippen LogP contribution in [0.1, 0.15) is 28.4 Å².